The third-order valence-corrected chi connectivity index (χ3v) is 14.9. The molecule has 12 heteroatoms. The molecular formula is C36H51NO11. The van der Waals surface area contributed by atoms with Crippen LogP contribution in [0.1, 0.15) is 82.5 Å². The Morgan fingerprint density at radius 3 is 2.31 bits per heavy atom. The normalized spacial score (nSPS) is 53.6. The van der Waals surface area contributed by atoms with E-state index >= 15 is 0 Å². The quantitative estimate of drug-likeness (QED) is 0.253. The number of methoxy groups -OCH3 is 2. The lowest BCUT2D eigenvalue weighted by Crippen LogP contribution is -2.85. The van der Waals surface area contributed by atoms with Crippen LogP contribution in [0.3, 0.4) is 0 Å². The Kier molecular flexibility index (Phi) is 6.94. The highest BCUT2D eigenvalue weighted by molar-refractivity contribution is 5.90. The van der Waals surface area contributed by atoms with Crippen LogP contribution in [0.25, 0.3) is 0 Å². The molecule has 7 aliphatic rings. The summed E-state index contributed by atoms with van der Waals surface area (Å²) in [4.78, 5) is 15.6. The summed E-state index contributed by atoms with van der Waals surface area (Å²) < 4.78 is 23.5. The second-order valence-electron chi connectivity index (χ2n) is 16.8. The summed E-state index contributed by atoms with van der Waals surface area (Å²) >= 11 is 0. The van der Waals surface area contributed by atoms with E-state index in [4.69, 9.17) is 18.9 Å². The van der Waals surface area contributed by atoms with Gasteiger partial charge in [-0.25, -0.2) is 4.79 Å². The largest absolute Gasteiger partial charge is 0.493 e. The van der Waals surface area contributed by atoms with Gasteiger partial charge in [0.15, 0.2) is 17.6 Å². The first kappa shape index (κ1) is 33.1. The average Bonchev–Trinajstić information content (AvgIpc) is 3.21. The zero-order chi connectivity index (χ0) is 34.4. The number of fused-ring (bicyclic) bond motifs is 5. The fourth-order valence-electron chi connectivity index (χ4n) is 12.6. The van der Waals surface area contributed by atoms with Crippen LogP contribution in [0.5, 0.6) is 11.5 Å². The number of aliphatic hydroxyl groups is 6. The van der Waals surface area contributed by atoms with Crippen molar-refractivity contribution in [2.45, 2.75) is 124 Å². The molecule has 5 unspecified atom stereocenters. The van der Waals surface area contributed by atoms with Crippen LogP contribution < -0.4 is 9.47 Å². The smallest absolute Gasteiger partial charge is 0.338 e. The number of ether oxygens (including phenoxy) is 4. The number of carbonyl (C=O) groups excluding carboxylic acids is 1. The monoisotopic (exact) mass is 673 g/mol. The zero-order valence-corrected chi connectivity index (χ0v) is 28.5. The van der Waals surface area contributed by atoms with Crippen LogP contribution in [0.2, 0.25) is 0 Å². The van der Waals surface area contributed by atoms with Gasteiger partial charge in [-0.1, -0.05) is 13.8 Å². The van der Waals surface area contributed by atoms with Crippen molar-refractivity contribution in [1.82, 2.24) is 4.90 Å². The van der Waals surface area contributed by atoms with E-state index < -0.39 is 81.2 Å². The molecule has 1 aromatic rings. The Labute approximate surface area is 280 Å². The Hall–Kier alpha value is -2.03. The van der Waals surface area contributed by atoms with Crippen molar-refractivity contribution in [1.29, 1.82) is 0 Å². The summed E-state index contributed by atoms with van der Waals surface area (Å²) in [5.74, 6) is -3.63. The van der Waals surface area contributed by atoms with Crippen molar-refractivity contribution in [3.8, 4) is 11.5 Å². The minimum Gasteiger partial charge on any atom is -0.493 e. The summed E-state index contributed by atoms with van der Waals surface area (Å²) in [5, 5.41) is 74.7. The van der Waals surface area contributed by atoms with E-state index in [0.29, 0.717) is 56.1 Å². The van der Waals surface area contributed by atoms with Gasteiger partial charge in [0, 0.05) is 55.1 Å². The van der Waals surface area contributed by atoms with E-state index in [0.717, 1.165) is 6.42 Å². The minimum absolute atomic E-state index is 0.101. The van der Waals surface area contributed by atoms with Crippen LogP contribution in [0, 0.1) is 29.1 Å². The summed E-state index contributed by atoms with van der Waals surface area (Å²) in [6.07, 6.45) is 0.172. The van der Waals surface area contributed by atoms with Gasteiger partial charge in [-0.3, -0.25) is 4.90 Å². The third-order valence-electron chi connectivity index (χ3n) is 14.9. The van der Waals surface area contributed by atoms with Gasteiger partial charge in [-0.05, 0) is 69.6 Å². The number of hydrogen-bond donors (Lipinski definition) is 6. The first-order valence-corrected chi connectivity index (χ1v) is 17.6. The number of rotatable bonds is 4. The van der Waals surface area contributed by atoms with Gasteiger partial charge in [0.1, 0.15) is 22.4 Å². The van der Waals surface area contributed by atoms with Gasteiger partial charge in [0.2, 0.25) is 5.79 Å². The van der Waals surface area contributed by atoms with Gasteiger partial charge < -0.3 is 49.6 Å². The molecule has 4 aliphatic carbocycles. The molecule has 14 atom stereocenters. The molecule has 4 saturated carbocycles. The van der Waals surface area contributed by atoms with Gasteiger partial charge in [-0.15, -0.1) is 0 Å². The van der Waals surface area contributed by atoms with Crippen LogP contribution in [0.15, 0.2) is 18.2 Å². The van der Waals surface area contributed by atoms with Crippen molar-refractivity contribution >= 4 is 5.97 Å². The fraction of sp³-hybridized carbons (Fsp3) is 0.806. The molecule has 0 amide bonds. The third kappa shape index (κ3) is 3.66. The minimum atomic E-state index is -2.10. The summed E-state index contributed by atoms with van der Waals surface area (Å²) in [6.45, 7) is 6.57. The van der Waals surface area contributed by atoms with Gasteiger partial charge in [0.05, 0.1) is 31.5 Å². The molecule has 6 N–H and O–H groups in total. The van der Waals surface area contributed by atoms with Crippen molar-refractivity contribution in [3.05, 3.63) is 23.8 Å². The van der Waals surface area contributed by atoms with E-state index in [9.17, 15) is 35.4 Å². The molecule has 3 heterocycles. The lowest BCUT2D eigenvalue weighted by molar-refractivity contribution is -0.354. The first-order valence-electron chi connectivity index (χ1n) is 17.6. The molecule has 48 heavy (non-hydrogen) atoms. The van der Waals surface area contributed by atoms with Crippen LogP contribution >= 0.6 is 0 Å². The predicted octanol–water partition coefficient (Wildman–Crippen LogP) is 1.36. The second-order valence-corrected chi connectivity index (χ2v) is 16.8. The summed E-state index contributed by atoms with van der Waals surface area (Å²) in [7, 11) is 2.97. The molecular weight excluding hydrogens is 622 g/mol. The van der Waals surface area contributed by atoms with Crippen molar-refractivity contribution < 1.29 is 54.4 Å². The predicted molar refractivity (Wildman–Crippen MR) is 169 cm³/mol. The number of esters is 1. The molecule has 3 aliphatic heterocycles. The number of aliphatic hydroxyl groups excluding tert-OH is 1. The number of nitrogens with zero attached hydrogens (tertiary/aromatic N) is 1. The molecule has 8 rings (SSSR count). The lowest BCUT2D eigenvalue weighted by atomic mass is 9.49. The van der Waals surface area contributed by atoms with Crippen LogP contribution in [-0.4, -0.2) is 121 Å². The Morgan fingerprint density at radius 2 is 1.60 bits per heavy atom. The Morgan fingerprint density at radius 1 is 0.896 bits per heavy atom. The molecule has 1 aromatic carbocycles. The van der Waals surface area contributed by atoms with Crippen molar-refractivity contribution in [3.63, 3.8) is 0 Å². The highest BCUT2D eigenvalue weighted by atomic mass is 16.7. The number of hydrogen-bond acceptors (Lipinski definition) is 12. The van der Waals surface area contributed by atoms with E-state index in [1.54, 1.807) is 19.1 Å². The highest BCUT2D eigenvalue weighted by Crippen LogP contribution is 2.78. The number of benzene rings is 1. The Balaban J connectivity index is 1.16. The standard InChI is InChI=1S/C36H51NO11/c1-19-6-11-26-31(3,40)35(43)25(17-37(26)16-19)33(42)18-34-24(32(33,41)15-27(35)38)10-9-23-30(34,2)13-12-28(36(23,44)48-34)47-29(39)20-7-8-21(45-4)22(14-20)46-5/h7-8,14,19,23-28,38,40-44H,6,9-13,15-18H2,1-5H3/t19?,23?,24?,25?,26?,27-,28-,30-,31+,32+,33+,34+,35-,36-/m0/s1. The molecule has 0 radical (unpaired) electrons. The maximum Gasteiger partial charge on any atom is 0.338 e. The van der Waals surface area contributed by atoms with Crippen molar-refractivity contribution in [2.24, 2.45) is 29.1 Å². The number of piperidine rings is 2. The molecule has 0 aromatic heterocycles. The average molecular weight is 674 g/mol. The first-order chi connectivity index (χ1) is 22.5. The SMILES string of the molecule is COc1ccc(C(=O)O[C@H]2CC[C@@]3(C)C4CCC5[C@]6(O)C[C@H](O)[C@@]7(O)C(CN8CC(C)CCC8[C@@]7(C)O)[C@]6(O)C[C@@]53O[C@@]42O)cc1OC. The van der Waals surface area contributed by atoms with E-state index in [1.807, 2.05) is 6.92 Å². The zero-order valence-electron chi connectivity index (χ0n) is 28.5. The van der Waals surface area contributed by atoms with E-state index in [1.165, 1.54) is 20.3 Å². The lowest BCUT2D eigenvalue weighted by Gasteiger charge is -2.68. The summed E-state index contributed by atoms with van der Waals surface area (Å²) in [5.41, 5.74) is -9.44. The second kappa shape index (κ2) is 10.1. The maximum absolute atomic E-state index is 13.5. The highest BCUT2D eigenvalue weighted by Gasteiger charge is 2.88. The van der Waals surface area contributed by atoms with Gasteiger partial charge in [-0.2, -0.15) is 0 Å². The van der Waals surface area contributed by atoms with Crippen LogP contribution in [0.4, 0.5) is 0 Å². The molecule has 7 fully saturated rings. The van der Waals surface area contributed by atoms with Gasteiger partial charge >= 0.3 is 5.97 Å². The Bertz CT molecular complexity index is 1520. The molecule has 4 bridgehead atoms. The fourth-order valence-corrected chi connectivity index (χ4v) is 12.6. The molecule has 12 nitrogen and oxygen atoms in total. The van der Waals surface area contributed by atoms with Crippen molar-refractivity contribution in [2.75, 3.05) is 27.3 Å². The van der Waals surface area contributed by atoms with Crippen LogP contribution in [-0.2, 0) is 9.47 Å². The number of carbonyl (C=O) groups is 1. The van der Waals surface area contributed by atoms with Gasteiger partial charge in [0.25, 0.3) is 0 Å². The maximum atomic E-state index is 13.5. The molecule has 3 saturated heterocycles. The molecule has 266 valence electrons. The molecule has 1 spiro atoms. The topological polar surface area (TPSA) is 179 Å². The van der Waals surface area contributed by atoms with E-state index in [2.05, 4.69) is 11.8 Å². The van der Waals surface area contributed by atoms with E-state index in [-0.39, 0.29) is 24.9 Å². The summed E-state index contributed by atoms with van der Waals surface area (Å²) in [6, 6.07) is 4.28.